The summed E-state index contributed by atoms with van der Waals surface area (Å²) in [5.41, 5.74) is 0. The minimum Gasteiger partial charge on any atom is -0.206 e. The van der Waals surface area contributed by atoms with Crippen LogP contribution in [0.2, 0.25) is 0 Å². The van der Waals surface area contributed by atoms with Crippen molar-refractivity contribution < 1.29 is 4.39 Å². The van der Waals surface area contributed by atoms with Crippen molar-refractivity contribution in [1.29, 1.82) is 0 Å². The van der Waals surface area contributed by atoms with Gasteiger partial charge >= 0.3 is 0 Å². The largest absolute Gasteiger partial charge is 0.206 e. The van der Waals surface area contributed by atoms with E-state index < -0.39 is 0 Å². The third-order valence-corrected chi connectivity index (χ3v) is 5.21. The van der Waals surface area contributed by atoms with Crippen molar-refractivity contribution in [2.24, 2.45) is 0 Å². The van der Waals surface area contributed by atoms with E-state index in [2.05, 4.69) is 48.5 Å². The smallest absolute Gasteiger partial charge is 0.131 e. The van der Waals surface area contributed by atoms with E-state index >= 15 is 0 Å². The summed E-state index contributed by atoms with van der Waals surface area (Å²) < 4.78 is 14.8. The fourth-order valence-electron chi connectivity index (χ4n) is 4.27. The molecule has 0 saturated heterocycles. The van der Waals surface area contributed by atoms with Gasteiger partial charge in [0.25, 0.3) is 0 Å². The van der Waals surface area contributed by atoms with Gasteiger partial charge in [-0.2, -0.15) is 0 Å². The minimum absolute atomic E-state index is 0.135. The summed E-state index contributed by atoms with van der Waals surface area (Å²) in [5, 5.41) is 11.1. The zero-order chi connectivity index (χ0) is 15.1. The molecular weight excluding hydrogens is 283 g/mol. The molecule has 0 unspecified atom stereocenters. The number of hydrogen-bond donors (Lipinski definition) is 0. The lowest BCUT2D eigenvalue weighted by molar-refractivity contribution is 0.641. The Labute approximate surface area is 131 Å². The zero-order valence-corrected chi connectivity index (χ0v) is 12.2. The monoisotopic (exact) mass is 294 g/mol. The Morgan fingerprint density at radius 1 is 0.435 bits per heavy atom. The van der Waals surface area contributed by atoms with Crippen LogP contribution in [0.15, 0.2) is 66.7 Å². The van der Waals surface area contributed by atoms with Crippen molar-refractivity contribution in [1.82, 2.24) is 0 Å². The molecule has 0 radical (unpaired) electrons. The summed E-state index contributed by atoms with van der Waals surface area (Å²) in [5.74, 6) is -0.135. The van der Waals surface area contributed by atoms with Crippen LogP contribution in [0.25, 0.3) is 53.9 Å². The van der Waals surface area contributed by atoms with E-state index in [0.29, 0.717) is 0 Å². The molecule has 6 rings (SSSR count). The molecule has 0 aromatic heterocycles. The predicted octanol–water partition coefficient (Wildman–Crippen LogP) is 6.47. The van der Waals surface area contributed by atoms with Crippen LogP contribution in [0.4, 0.5) is 4.39 Å². The van der Waals surface area contributed by atoms with Gasteiger partial charge in [-0.05, 0) is 49.2 Å². The molecule has 1 heteroatoms. The van der Waals surface area contributed by atoms with Crippen LogP contribution in [-0.4, -0.2) is 0 Å². The summed E-state index contributed by atoms with van der Waals surface area (Å²) in [7, 11) is 0. The van der Waals surface area contributed by atoms with Crippen LogP contribution in [-0.2, 0) is 0 Å². The fraction of sp³-hybridized carbons (Fsp3) is 0. The molecule has 0 saturated carbocycles. The molecule has 0 aliphatic heterocycles. The predicted molar refractivity (Wildman–Crippen MR) is 96.3 cm³/mol. The van der Waals surface area contributed by atoms with Gasteiger partial charge in [-0.3, -0.25) is 0 Å². The number of halogens is 1. The molecule has 0 heterocycles. The van der Waals surface area contributed by atoms with Gasteiger partial charge in [0, 0.05) is 10.8 Å². The molecule has 0 atom stereocenters. The van der Waals surface area contributed by atoms with E-state index in [0.717, 1.165) is 21.5 Å². The molecule has 0 bridgehead atoms. The highest BCUT2D eigenvalue weighted by Crippen LogP contribution is 2.45. The zero-order valence-electron chi connectivity index (χ0n) is 12.2. The van der Waals surface area contributed by atoms with Gasteiger partial charge in [0.05, 0.1) is 0 Å². The summed E-state index contributed by atoms with van der Waals surface area (Å²) in [6, 6.07) is 22.5. The van der Waals surface area contributed by atoms with E-state index in [-0.39, 0.29) is 5.82 Å². The first-order valence-electron chi connectivity index (χ1n) is 7.83. The van der Waals surface area contributed by atoms with Crippen LogP contribution in [0.5, 0.6) is 0 Å². The Hall–Kier alpha value is -2.93. The second kappa shape index (κ2) is 3.69. The lowest BCUT2D eigenvalue weighted by atomic mass is 9.86. The molecule has 6 aromatic carbocycles. The molecule has 0 spiro atoms. The standard InChI is InChI=1S/C22H11F/c23-17-11-10-15-9-8-14-7-6-13-5-4-12-2-1-3-16-18(12)19(13)20(14)21(15)22(16)17/h1-11H. The van der Waals surface area contributed by atoms with Crippen molar-refractivity contribution in [3.05, 3.63) is 72.5 Å². The van der Waals surface area contributed by atoms with Crippen LogP contribution in [0.1, 0.15) is 0 Å². The number of fused-ring (bicyclic) bond motifs is 1. The van der Waals surface area contributed by atoms with Crippen molar-refractivity contribution in [3.8, 4) is 0 Å². The molecule has 0 nitrogen and oxygen atoms in total. The SMILES string of the molecule is Fc1ccc2ccc3ccc4ccc5cccc6c1c2c3c4c56. The molecule has 23 heavy (non-hydrogen) atoms. The second-order valence-electron chi connectivity index (χ2n) is 6.32. The first-order valence-corrected chi connectivity index (χ1v) is 7.83. The fourth-order valence-corrected chi connectivity index (χ4v) is 4.27. The molecule has 0 aliphatic carbocycles. The quantitative estimate of drug-likeness (QED) is 0.222. The summed E-state index contributed by atoms with van der Waals surface area (Å²) in [4.78, 5) is 0. The lowest BCUT2D eigenvalue weighted by Crippen LogP contribution is -1.91. The molecule has 0 N–H and O–H groups in total. The highest BCUT2D eigenvalue weighted by atomic mass is 19.1. The van der Waals surface area contributed by atoms with Gasteiger partial charge in [0.15, 0.2) is 0 Å². The van der Waals surface area contributed by atoms with E-state index in [1.807, 2.05) is 12.1 Å². The maximum Gasteiger partial charge on any atom is 0.131 e. The summed E-state index contributed by atoms with van der Waals surface area (Å²) in [6.07, 6.45) is 0. The topological polar surface area (TPSA) is 0 Å². The van der Waals surface area contributed by atoms with E-state index in [9.17, 15) is 4.39 Å². The highest BCUT2D eigenvalue weighted by molar-refractivity contribution is 6.39. The summed E-state index contributed by atoms with van der Waals surface area (Å²) in [6.45, 7) is 0. The van der Waals surface area contributed by atoms with E-state index in [1.54, 1.807) is 6.07 Å². The molecule has 0 aliphatic rings. The van der Waals surface area contributed by atoms with Crippen molar-refractivity contribution >= 4 is 53.9 Å². The Morgan fingerprint density at radius 3 is 1.57 bits per heavy atom. The van der Waals surface area contributed by atoms with Gasteiger partial charge in [-0.15, -0.1) is 0 Å². The van der Waals surface area contributed by atoms with E-state index in [1.165, 1.54) is 32.3 Å². The van der Waals surface area contributed by atoms with Crippen molar-refractivity contribution in [2.45, 2.75) is 0 Å². The number of hydrogen-bond acceptors (Lipinski definition) is 0. The van der Waals surface area contributed by atoms with Crippen molar-refractivity contribution in [2.75, 3.05) is 0 Å². The van der Waals surface area contributed by atoms with Crippen molar-refractivity contribution in [3.63, 3.8) is 0 Å². The number of benzene rings is 6. The van der Waals surface area contributed by atoms with Gasteiger partial charge in [-0.25, -0.2) is 4.39 Å². The van der Waals surface area contributed by atoms with Crippen LogP contribution < -0.4 is 0 Å². The van der Waals surface area contributed by atoms with Crippen LogP contribution in [0, 0.1) is 5.82 Å². The minimum atomic E-state index is -0.135. The number of rotatable bonds is 0. The third-order valence-electron chi connectivity index (χ3n) is 5.21. The Balaban J connectivity index is 2.21. The normalized spacial score (nSPS) is 12.6. The van der Waals surface area contributed by atoms with Crippen LogP contribution >= 0.6 is 0 Å². The second-order valence-corrected chi connectivity index (χ2v) is 6.32. The Bertz CT molecular complexity index is 1350. The maximum atomic E-state index is 14.8. The van der Waals surface area contributed by atoms with Gasteiger partial charge in [-0.1, -0.05) is 60.7 Å². The Morgan fingerprint density at radius 2 is 0.913 bits per heavy atom. The molecule has 106 valence electrons. The molecule has 0 amide bonds. The third kappa shape index (κ3) is 1.24. The first-order chi connectivity index (χ1) is 11.3. The highest BCUT2D eigenvalue weighted by Gasteiger charge is 2.18. The molecule has 6 aromatic rings. The summed E-state index contributed by atoms with van der Waals surface area (Å²) >= 11 is 0. The average molecular weight is 294 g/mol. The van der Waals surface area contributed by atoms with Crippen LogP contribution in [0.3, 0.4) is 0 Å². The molecule has 0 fully saturated rings. The molecular formula is C22H11F. The van der Waals surface area contributed by atoms with E-state index in [4.69, 9.17) is 0 Å². The Kier molecular flexibility index (Phi) is 1.86. The van der Waals surface area contributed by atoms with Gasteiger partial charge in [0.1, 0.15) is 5.82 Å². The average Bonchev–Trinajstić information content (AvgIpc) is 2.60. The maximum absolute atomic E-state index is 14.8. The van der Waals surface area contributed by atoms with Gasteiger partial charge in [0.2, 0.25) is 0 Å². The van der Waals surface area contributed by atoms with Gasteiger partial charge < -0.3 is 0 Å². The first kappa shape index (κ1) is 11.6. The lowest BCUT2D eigenvalue weighted by Gasteiger charge is -2.18.